The lowest BCUT2D eigenvalue weighted by Crippen LogP contribution is -2.43. The lowest BCUT2D eigenvalue weighted by atomic mass is 10.0. The predicted molar refractivity (Wildman–Crippen MR) is 133 cm³/mol. The monoisotopic (exact) mass is 464 g/mol. The Morgan fingerprint density at radius 1 is 1.18 bits per heavy atom. The standard InChI is InChI=1S/C25H36N8O/c1-18-15-33(27-2)23(29-24(18)30-12-10-20(26)17-30)13-22-9-5-6-11-31(22)25(34)19-14-28-32(16-19)21-7-3-4-8-21/h13-16,20-22H,2-12,17,26H2,1H3/b23-13-/t20-,22?/m0/s1. The van der Waals surface area contributed by atoms with E-state index >= 15 is 0 Å². The fraction of sp³-hybridized carbons (Fsp3) is 0.600. The largest absolute Gasteiger partial charge is 0.355 e. The van der Waals surface area contributed by atoms with Gasteiger partial charge in [0, 0.05) is 50.4 Å². The summed E-state index contributed by atoms with van der Waals surface area (Å²) in [7, 11) is 0. The van der Waals surface area contributed by atoms with Crippen molar-refractivity contribution in [2.75, 3.05) is 19.6 Å². The number of amidine groups is 1. The molecule has 34 heavy (non-hydrogen) atoms. The number of carbonyl (C=O) groups is 1. The molecule has 0 radical (unpaired) electrons. The van der Waals surface area contributed by atoms with E-state index in [9.17, 15) is 4.79 Å². The van der Waals surface area contributed by atoms with Gasteiger partial charge in [-0.1, -0.05) is 12.8 Å². The fourth-order valence-corrected chi connectivity index (χ4v) is 5.62. The molecule has 9 nitrogen and oxygen atoms in total. The van der Waals surface area contributed by atoms with Crippen molar-refractivity contribution in [3.63, 3.8) is 0 Å². The van der Waals surface area contributed by atoms with Crippen molar-refractivity contribution in [3.8, 4) is 0 Å². The van der Waals surface area contributed by atoms with Gasteiger partial charge in [-0.3, -0.25) is 9.48 Å². The molecule has 1 saturated carbocycles. The van der Waals surface area contributed by atoms with Gasteiger partial charge in [0.15, 0.2) is 5.82 Å². The molecule has 1 aliphatic carbocycles. The summed E-state index contributed by atoms with van der Waals surface area (Å²) in [5.41, 5.74) is 7.85. The van der Waals surface area contributed by atoms with Crippen LogP contribution >= 0.6 is 0 Å². The fourth-order valence-electron chi connectivity index (χ4n) is 5.62. The molecule has 9 heteroatoms. The lowest BCUT2D eigenvalue weighted by Gasteiger charge is -2.35. The zero-order chi connectivity index (χ0) is 23.7. The number of rotatable bonds is 4. The quantitative estimate of drug-likeness (QED) is 0.691. The number of aliphatic imine (C=N–C) groups is 1. The summed E-state index contributed by atoms with van der Waals surface area (Å²) in [6, 6.07) is 0.555. The number of hydrazone groups is 1. The molecule has 5 rings (SSSR count). The molecule has 3 fully saturated rings. The van der Waals surface area contributed by atoms with Gasteiger partial charge in [-0.25, -0.2) is 10.0 Å². The third kappa shape index (κ3) is 4.53. The number of hydrogen-bond donors (Lipinski definition) is 1. The predicted octanol–water partition coefficient (Wildman–Crippen LogP) is 3.10. The van der Waals surface area contributed by atoms with E-state index in [0.29, 0.717) is 17.4 Å². The molecular weight excluding hydrogens is 428 g/mol. The van der Waals surface area contributed by atoms with Crippen LogP contribution in [0.4, 0.5) is 0 Å². The van der Waals surface area contributed by atoms with Crippen LogP contribution in [-0.4, -0.2) is 74.8 Å². The molecule has 4 heterocycles. The molecule has 2 saturated heterocycles. The maximum atomic E-state index is 13.5. The van der Waals surface area contributed by atoms with E-state index in [0.717, 1.165) is 69.6 Å². The molecule has 3 aliphatic heterocycles. The molecule has 1 unspecified atom stereocenters. The van der Waals surface area contributed by atoms with Crippen molar-refractivity contribution >= 4 is 18.5 Å². The number of nitrogens with two attached hydrogens (primary N) is 1. The van der Waals surface area contributed by atoms with Gasteiger partial charge >= 0.3 is 0 Å². The first kappa shape index (κ1) is 22.8. The van der Waals surface area contributed by atoms with Crippen LogP contribution in [0.5, 0.6) is 0 Å². The summed E-state index contributed by atoms with van der Waals surface area (Å²) in [5.74, 6) is 1.69. The Labute approximate surface area is 201 Å². The molecule has 4 aliphatic rings. The number of piperidine rings is 1. The van der Waals surface area contributed by atoms with Crippen LogP contribution in [0.3, 0.4) is 0 Å². The third-order valence-corrected chi connectivity index (χ3v) is 7.50. The Kier molecular flexibility index (Phi) is 6.54. The van der Waals surface area contributed by atoms with Gasteiger partial charge in [-0.15, -0.1) is 0 Å². The normalized spacial score (nSPS) is 27.4. The van der Waals surface area contributed by atoms with E-state index in [1.807, 2.05) is 28.9 Å². The van der Waals surface area contributed by atoms with Crippen molar-refractivity contribution in [2.45, 2.75) is 76.4 Å². The maximum Gasteiger partial charge on any atom is 0.257 e. The molecule has 1 amide bonds. The van der Waals surface area contributed by atoms with Crippen LogP contribution in [0.15, 0.2) is 46.2 Å². The summed E-state index contributed by atoms with van der Waals surface area (Å²) in [5, 5.41) is 10.4. The summed E-state index contributed by atoms with van der Waals surface area (Å²) in [6.45, 7) is 8.21. The minimum atomic E-state index is -0.0482. The minimum Gasteiger partial charge on any atom is -0.355 e. The second kappa shape index (κ2) is 9.74. The van der Waals surface area contributed by atoms with Crippen LogP contribution in [0, 0.1) is 0 Å². The highest BCUT2D eigenvalue weighted by Gasteiger charge is 2.31. The van der Waals surface area contributed by atoms with E-state index in [1.165, 1.54) is 12.8 Å². The van der Waals surface area contributed by atoms with Crippen LogP contribution in [-0.2, 0) is 0 Å². The molecule has 1 aromatic rings. The third-order valence-electron chi connectivity index (χ3n) is 7.50. The summed E-state index contributed by atoms with van der Waals surface area (Å²) in [6.07, 6.45) is 16.4. The van der Waals surface area contributed by atoms with E-state index in [2.05, 4.69) is 27.9 Å². The maximum absolute atomic E-state index is 13.5. The van der Waals surface area contributed by atoms with Crippen molar-refractivity contribution in [1.82, 2.24) is 24.6 Å². The average molecular weight is 465 g/mol. The number of aromatic nitrogens is 2. The van der Waals surface area contributed by atoms with Gasteiger partial charge < -0.3 is 15.5 Å². The smallest absolute Gasteiger partial charge is 0.257 e. The number of likely N-dealkylation sites (tertiary alicyclic amines) is 2. The summed E-state index contributed by atoms with van der Waals surface area (Å²) < 4.78 is 1.99. The van der Waals surface area contributed by atoms with Gasteiger partial charge in [-0.05, 0) is 51.5 Å². The molecule has 2 N–H and O–H groups in total. The SMILES string of the molecule is C=NN1C=C(C)C(N2CC[C@H](N)C2)=N/C1=C/C1CCCCN1C(=O)c1cnn(C2CCCC2)c1. The van der Waals surface area contributed by atoms with Crippen LogP contribution < -0.4 is 5.73 Å². The zero-order valence-electron chi connectivity index (χ0n) is 20.1. The molecule has 1 aromatic heterocycles. The second-order valence-electron chi connectivity index (χ2n) is 9.96. The molecule has 0 spiro atoms. The first-order valence-corrected chi connectivity index (χ1v) is 12.6. The molecule has 0 aromatic carbocycles. The highest BCUT2D eigenvalue weighted by molar-refractivity contribution is 5.99. The molecule has 2 atom stereocenters. The highest BCUT2D eigenvalue weighted by atomic mass is 16.2. The summed E-state index contributed by atoms with van der Waals surface area (Å²) >= 11 is 0. The first-order valence-electron chi connectivity index (χ1n) is 12.6. The minimum absolute atomic E-state index is 0.0427. The number of hydrogen-bond acceptors (Lipinski definition) is 7. The van der Waals surface area contributed by atoms with E-state index in [1.54, 1.807) is 11.2 Å². The van der Waals surface area contributed by atoms with Crippen molar-refractivity contribution < 1.29 is 4.79 Å². The topological polar surface area (TPSA) is 95.3 Å². The van der Waals surface area contributed by atoms with E-state index in [4.69, 9.17) is 10.7 Å². The van der Waals surface area contributed by atoms with Crippen LogP contribution in [0.2, 0.25) is 0 Å². The highest BCUT2D eigenvalue weighted by Crippen LogP contribution is 2.30. The number of carbonyl (C=O) groups excluding carboxylic acids is 1. The van der Waals surface area contributed by atoms with Gasteiger partial charge in [-0.2, -0.15) is 10.2 Å². The molecule has 0 bridgehead atoms. The van der Waals surface area contributed by atoms with E-state index < -0.39 is 0 Å². The number of amides is 1. The molecule has 182 valence electrons. The molecular formula is C25H36N8O. The van der Waals surface area contributed by atoms with Gasteiger partial charge in [0.25, 0.3) is 5.91 Å². The van der Waals surface area contributed by atoms with Crippen molar-refractivity contribution in [3.05, 3.63) is 41.6 Å². The van der Waals surface area contributed by atoms with Gasteiger partial charge in [0.2, 0.25) is 0 Å². The zero-order valence-corrected chi connectivity index (χ0v) is 20.1. The van der Waals surface area contributed by atoms with Gasteiger partial charge in [0.1, 0.15) is 5.84 Å². The van der Waals surface area contributed by atoms with Crippen molar-refractivity contribution in [2.24, 2.45) is 15.8 Å². The summed E-state index contributed by atoms with van der Waals surface area (Å²) in [4.78, 5) is 22.7. The van der Waals surface area contributed by atoms with Crippen LogP contribution in [0.25, 0.3) is 0 Å². The Bertz CT molecular complexity index is 1020. The Hall–Kier alpha value is -2.94. The van der Waals surface area contributed by atoms with Gasteiger partial charge in [0.05, 0.1) is 23.8 Å². The second-order valence-corrected chi connectivity index (χ2v) is 9.96. The lowest BCUT2D eigenvalue weighted by molar-refractivity contribution is 0.0662. The Balaban J connectivity index is 1.39. The Morgan fingerprint density at radius 2 is 1.97 bits per heavy atom. The van der Waals surface area contributed by atoms with E-state index in [-0.39, 0.29) is 18.0 Å². The average Bonchev–Trinajstić information content (AvgIpc) is 3.61. The van der Waals surface area contributed by atoms with Crippen molar-refractivity contribution in [1.29, 1.82) is 0 Å². The number of nitrogens with zero attached hydrogens (tertiary/aromatic N) is 7. The van der Waals surface area contributed by atoms with Crippen LogP contribution in [0.1, 0.15) is 74.7 Å². The Morgan fingerprint density at radius 3 is 2.71 bits per heavy atom. The first-order chi connectivity index (χ1) is 16.5.